The zero-order valence-corrected chi connectivity index (χ0v) is 19.0. The zero-order valence-electron chi connectivity index (χ0n) is 18.0. The van der Waals surface area contributed by atoms with Crippen LogP contribution in [0.1, 0.15) is 61.0 Å². The van der Waals surface area contributed by atoms with Crippen LogP contribution < -0.4 is 5.32 Å². The van der Waals surface area contributed by atoms with Crippen molar-refractivity contribution in [3.05, 3.63) is 33.9 Å². The first-order chi connectivity index (χ1) is 12.3. The van der Waals surface area contributed by atoms with Crippen molar-refractivity contribution in [3.8, 4) is 0 Å². The summed E-state index contributed by atoms with van der Waals surface area (Å²) in [4.78, 5) is 11.1. The minimum absolute atomic E-state index is 0.00579. The Morgan fingerprint density at radius 3 is 2.07 bits per heavy atom. The molecule has 0 saturated carbocycles. The van der Waals surface area contributed by atoms with Crippen molar-refractivity contribution >= 4 is 19.7 Å². The highest BCUT2D eigenvalue weighted by Crippen LogP contribution is 2.43. The molecule has 0 bridgehead atoms. The van der Waals surface area contributed by atoms with Crippen molar-refractivity contribution in [2.24, 2.45) is 0 Å². The fourth-order valence-corrected chi connectivity index (χ4v) is 9.40. The summed E-state index contributed by atoms with van der Waals surface area (Å²) < 4.78 is 6.54. The first-order valence-corrected chi connectivity index (χ1v) is 11.8. The summed E-state index contributed by atoms with van der Waals surface area (Å²) in [7, 11) is -2.03. The molecule has 154 valence electrons. The molecule has 0 heterocycles. The van der Waals surface area contributed by atoms with Crippen molar-refractivity contribution in [2.45, 2.75) is 84.2 Å². The predicted octanol–water partition coefficient (Wildman–Crippen LogP) is 5.47. The monoisotopic (exact) mass is 396 g/mol. The summed E-state index contributed by atoms with van der Waals surface area (Å²) in [5.41, 5.74) is 1.64. The number of anilines is 1. The lowest BCUT2D eigenvalue weighted by molar-refractivity contribution is -0.384. The molecule has 0 fully saturated rings. The van der Waals surface area contributed by atoms with Crippen molar-refractivity contribution in [2.75, 3.05) is 11.9 Å². The van der Waals surface area contributed by atoms with Crippen molar-refractivity contribution in [3.63, 3.8) is 0 Å². The van der Waals surface area contributed by atoms with E-state index in [0.29, 0.717) is 28.9 Å². The minimum atomic E-state index is -2.03. The molecular weight excluding hydrogens is 360 g/mol. The Bertz CT molecular complexity index is 618. The number of aliphatic hydroxyl groups is 1. The quantitative estimate of drug-likeness (QED) is 0.311. The lowest BCUT2D eigenvalue weighted by Crippen LogP contribution is -2.47. The van der Waals surface area contributed by atoms with E-state index >= 15 is 0 Å². The second kappa shape index (κ2) is 9.17. The maximum atomic E-state index is 11.5. The Labute approximate surface area is 164 Å². The molecule has 6 nitrogen and oxygen atoms in total. The van der Waals surface area contributed by atoms with Gasteiger partial charge in [0.25, 0.3) is 5.69 Å². The van der Waals surface area contributed by atoms with E-state index in [1.54, 1.807) is 26.0 Å². The summed E-state index contributed by atoms with van der Waals surface area (Å²) in [6.07, 6.45) is 0. The minimum Gasteiger partial charge on any atom is -0.412 e. The summed E-state index contributed by atoms with van der Waals surface area (Å²) in [6.45, 7) is 17.2. The van der Waals surface area contributed by atoms with E-state index < -0.39 is 18.8 Å². The molecule has 2 N–H and O–H groups in total. The third-order valence-corrected chi connectivity index (χ3v) is 11.2. The van der Waals surface area contributed by atoms with Gasteiger partial charge in [0, 0.05) is 12.6 Å². The van der Waals surface area contributed by atoms with Crippen LogP contribution in [0, 0.1) is 10.1 Å². The first-order valence-electron chi connectivity index (χ1n) is 9.68. The van der Waals surface area contributed by atoms with Gasteiger partial charge in [-0.2, -0.15) is 0 Å². The van der Waals surface area contributed by atoms with Crippen LogP contribution in [0.4, 0.5) is 11.4 Å². The molecular formula is C20H36N2O4Si. The van der Waals surface area contributed by atoms with Gasteiger partial charge < -0.3 is 14.8 Å². The van der Waals surface area contributed by atoms with Gasteiger partial charge in [-0.3, -0.25) is 10.1 Å². The van der Waals surface area contributed by atoms with Crippen molar-refractivity contribution in [1.29, 1.82) is 0 Å². The third kappa shape index (κ3) is 6.02. The van der Waals surface area contributed by atoms with Crippen LogP contribution in [0.5, 0.6) is 0 Å². The maximum Gasteiger partial charge on any atom is 0.292 e. The SMILES string of the molecule is CC(C)[Si](OCc1ccc(NCC(C)(C)O)c([N+](=O)[O-])c1)(C(C)C)C(C)C. The fourth-order valence-electron chi connectivity index (χ4n) is 3.99. The number of hydrogen-bond acceptors (Lipinski definition) is 5. The summed E-state index contributed by atoms with van der Waals surface area (Å²) >= 11 is 0. The molecule has 1 aromatic carbocycles. The van der Waals surface area contributed by atoms with E-state index in [1.807, 2.05) is 6.07 Å². The fraction of sp³-hybridized carbons (Fsp3) is 0.700. The molecule has 0 amide bonds. The van der Waals surface area contributed by atoms with Gasteiger partial charge in [0.1, 0.15) is 5.69 Å². The molecule has 0 radical (unpaired) electrons. The van der Waals surface area contributed by atoms with E-state index in [4.69, 9.17) is 4.43 Å². The highest BCUT2D eigenvalue weighted by Gasteiger charge is 2.45. The van der Waals surface area contributed by atoms with E-state index in [9.17, 15) is 15.2 Å². The van der Waals surface area contributed by atoms with Gasteiger partial charge in [0.05, 0.1) is 17.1 Å². The van der Waals surface area contributed by atoms with Crippen LogP contribution in [-0.4, -0.2) is 30.5 Å². The molecule has 0 unspecified atom stereocenters. The number of nitro groups is 1. The third-order valence-electron chi connectivity index (χ3n) is 5.17. The number of rotatable bonds is 10. The molecule has 7 heteroatoms. The summed E-state index contributed by atoms with van der Waals surface area (Å²) in [6, 6.07) is 5.14. The number of nitrogens with zero attached hydrogens (tertiary/aromatic N) is 1. The molecule has 0 aliphatic rings. The average Bonchev–Trinajstić information content (AvgIpc) is 2.52. The Morgan fingerprint density at radius 2 is 1.67 bits per heavy atom. The smallest absolute Gasteiger partial charge is 0.292 e. The number of nitrogens with one attached hydrogen (secondary N) is 1. The largest absolute Gasteiger partial charge is 0.412 e. The highest BCUT2D eigenvalue weighted by molar-refractivity contribution is 6.77. The van der Waals surface area contributed by atoms with Gasteiger partial charge >= 0.3 is 0 Å². The van der Waals surface area contributed by atoms with Crippen LogP contribution in [0.15, 0.2) is 18.2 Å². The van der Waals surface area contributed by atoms with Gasteiger partial charge in [-0.05, 0) is 42.1 Å². The van der Waals surface area contributed by atoms with Gasteiger partial charge in [-0.1, -0.05) is 47.6 Å². The van der Waals surface area contributed by atoms with E-state index in [1.165, 1.54) is 0 Å². The average molecular weight is 397 g/mol. The number of nitro benzene ring substituents is 1. The molecule has 0 aliphatic carbocycles. The van der Waals surface area contributed by atoms with Gasteiger partial charge in [-0.15, -0.1) is 0 Å². The van der Waals surface area contributed by atoms with Crippen molar-refractivity contribution in [1.82, 2.24) is 0 Å². The van der Waals surface area contributed by atoms with Crippen molar-refractivity contribution < 1.29 is 14.5 Å². The second-order valence-corrected chi connectivity index (χ2v) is 14.3. The highest BCUT2D eigenvalue weighted by atomic mass is 28.4. The molecule has 0 aromatic heterocycles. The molecule has 0 aliphatic heterocycles. The van der Waals surface area contributed by atoms with Crippen LogP contribution in [0.3, 0.4) is 0 Å². The van der Waals surface area contributed by atoms with Crippen LogP contribution in [0.2, 0.25) is 16.6 Å². The summed E-state index contributed by atoms with van der Waals surface area (Å²) in [5, 5.41) is 24.3. The van der Waals surface area contributed by atoms with Gasteiger partial charge in [0.2, 0.25) is 8.32 Å². The standard InChI is InChI=1S/C20H36N2O4Si/c1-14(2)27(15(3)4,16(5)6)26-12-17-9-10-18(19(11-17)22(24)25)21-13-20(7,8)23/h9-11,14-16,21,23H,12-13H2,1-8H3. The maximum absolute atomic E-state index is 11.5. The Balaban J connectivity index is 3.07. The topological polar surface area (TPSA) is 84.6 Å². The molecule has 1 aromatic rings. The van der Waals surface area contributed by atoms with Gasteiger partial charge in [0.15, 0.2) is 0 Å². The lowest BCUT2D eigenvalue weighted by Gasteiger charge is -2.42. The predicted molar refractivity (Wildman–Crippen MR) is 114 cm³/mol. The van der Waals surface area contributed by atoms with Crippen LogP contribution in [0.25, 0.3) is 0 Å². The van der Waals surface area contributed by atoms with Gasteiger partial charge in [-0.25, -0.2) is 0 Å². The van der Waals surface area contributed by atoms with Crippen LogP contribution >= 0.6 is 0 Å². The van der Waals surface area contributed by atoms with E-state index in [-0.39, 0.29) is 12.2 Å². The van der Waals surface area contributed by atoms with E-state index in [0.717, 1.165) is 5.56 Å². The lowest BCUT2D eigenvalue weighted by atomic mass is 10.1. The molecule has 27 heavy (non-hydrogen) atoms. The molecule has 0 spiro atoms. The Kier molecular flexibility index (Phi) is 8.01. The Hall–Kier alpha value is -1.44. The first kappa shape index (κ1) is 23.6. The summed E-state index contributed by atoms with van der Waals surface area (Å²) in [5.74, 6) is 0. The second-order valence-electron chi connectivity index (χ2n) is 8.88. The van der Waals surface area contributed by atoms with E-state index in [2.05, 4.69) is 46.9 Å². The number of hydrogen-bond donors (Lipinski definition) is 2. The molecule has 1 rings (SSSR count). The zero-order chi connectivity index (χ0) is 21.0. The molecule has 0 saturated heterocycles. The van der Waals surface area contributed by atoms with Crippen LogP contribution in [-0.2, 0) is 11.0 Å². The number of benzene rings is 1. The Morgan fingerprint density at radius 1 is 1.15 bits per heavy atom. The normalized spacial score (nSPS) is 12.9. The molecule has 0 atom stereocenters.